The number of fused-ring (bicyclic) bond motifs is 5. The number of pyridine rings is 1. The molecule has 2 aromatic heterocycles. The molecule has 0 aliphatic carbocycles. The molecule has 2 aliphatic rings. The molecule has 2 N–H and O–H groups in total. The normalized spacial score (nSPS) is 19.5. The molecular formula is C20H21FN4OS. The van der Waals surface area contributed by atoms with E-state index >= 15 is 0 Å². The zero-order valence-corrected chi connectivity index (χ0v) is 16.0. The minimum Gasteiger partial charge on any atom is -0.381 e. The number of carbonyl (C=O) groups excluding carboxylic acids is 1. The van der Waals surface area contributed by atoms with Gasteiger partial charge in [-0.3, -0.25) is 4.79 Å². The van der Waals surface area contributed by atoms with Gasteiger partial charge in [0.15, 0.2) is 0 Å². The number of amides is 1. The second kappa shape index (κ2) is 6.05. The van der Waals surface area contributed by atoms with E-state index in [2.05, 4.69) is 21.6 Å². The highest BCUT2D eigenvalue weighted by molar-refractivity contribution is 7.21. The molecule has 1 fully saturated rings. The molecule has 7 heteroatoms. The number of alkyl halides is 1. The number of nitrogens with zero attached hydrogens (tertiary/aromatic N) is 2. The van der Waals surface area contributed by atoms with Crippen molar-refractivity contribution in [2.75, 3.05) is 36.4 Å². The van der Waals surface area contributed by atoms with Crippen molar-refractivity contribution < 1.29 is 9.18 Å². The van der Waals surface area contributed by atoms with Gasteiger partial charge in [0.1, 0.15) is 16.4 Å². The first kappa shape index (κ1) is 16.7. The molecule has 0 saturated carbocycles. The predicted molar refractivity (Wildman–Crippen MR) is 109 cm³/mol. The number of halogens is 1. The third-order valence-electron chi connectivity index (χ3n) is 5.56. The molecule has 5 rings (SSSR count). The summed E-state index contributed by atoms with van der Waals surface area (Å²) < 4.78 is 15.2. The van der Waals surface area contributed by atoms with Crippen molar-refractivity contribution in [2.24, 2.45) is 0 Å². The summed E-state index contributed by atoms with van der Waals surface area (Å²) >= 11 is 1.51. The number of anilines is 2. The highest BCUT2D eigenvalue weighted by Gasteiger charge is 2.30. The lowest BCUT2D eigenvalue weighted by atomic mass is 9.96. The van der Waals surface area contributed by atoms with Crippen LogP contribution in [-0.2, 0) is 0 Å². The number of nitrogens with one attached hydrogen (secondary N) is 2. The van der Waals surface area contributed by atoms with Gasteiger partial charge < -0.3 is 15.5 Å². The van der Waals surface area contributed by atoms with Crippen LogP contribution in [0.2, 0.25) is 0 Å². The topological polar surface area (TPSA) is 57.3 Å². The summed E-state index contributed by atoms with van der Waals surface area (Å²) in [7, 11) is 0. The SMILES string of the molecule is CC1(F)CCN(c2ccc3c(ccc4sc5c(c43)NCCNC5=O)n2)CC1. The summed E-state index contributed by atoms with van der Waals surface area (Å²) in [5, 5.41) is 8.44. The maximum Gasteiger partial charge on any atom is 0.263 e. The van der Waals surface area contributed by atoms with Gasteiger partial charge in [0, 0.05) is 41.7 Å². The zero-order valence-electron chi connectivity index (χ0n) is 15.1. The van der Waals surface area contributed by atoms with Crippen molar-refractivity contribution >= 4 is 49.7 Å². The van der Waals surface area contributed by atoms with Crippen molar-refractivity contribution in [3.63, 3.8) is 0 Å². The van der Waals surface area contributed by atoms with E-state index in [4.69, 9.17) is 4.98 Å². The molecule has 1 aromatic carbocycles. The molecule has 0 bridgehead atoms. The van der Waals surface area contributed by atoms with E-state index in [9.17, 15) is 9.18 Å². The largest absolute Gasteiger partial charge is 0.381 e. The van der Waals surface area contributed by atoms with Gasteiger partial charge in [0.05, 0.1) is 11.2 Å². The lowest BCUT2D eigenvalue weighted by molar-refractivity contribution is 0.0962. The molecule has 0 atom stereocenters. The van der Waals surface area contributed by atoms with E-state index in [0.717, 1.165) is 37.4 Å². The average molecular weight is 384 g/mol. The Morgan fingerprint density at radius 3 is 2.74 bits per heavy atom. The highest BCUT2D eigenvalue weighted by atomic mass is 32.1. The molecular weight excluding hydrogens is 363 g/mol. The molecule has 5 nitrogen and oxygen atoms in total. The van der Waals surface area contributed by atoms with Gasteiger partial charge >= 0.3 is 0 Å². The number of carbonyl (C=O) groups is 1. The van der Waals surface area contributed by atoms with Crippen LogP contribution in [0.3, 0.4) is 0 Å². The van der Waals surface area contributed by atoms with E-state index in [1.54, 1.807) is 6.92 Å². The van der Waals surface area contributed by atoms with Crippen LogP contribution in [-0.4, -0.2) is 42.7 Å². The lowest BCUT2D eigenvalue weighted by Gasteiger charge is -2.35. The zero-order chi connectivity index (χ0) is 18.6. The van der Waals surface area contributed by atoms with Crippen LogP contribution in [0.1, 0.15) is 29.4 Å². The number of hydrogen-bond acceptors (Lipinski definition) is 5. The molecule has 2 aliphatic heterocycles. The fraction of sp³-hybridized carbons (Fsp3) is 0.400. The summed E-state index contributed by atoms with van der Waals surface area (Å²) in [6.07, 6.45) is 1.06. The van der Waals surface area contributed by atoms with Crippen LogP contribution in [0.4, 0.5) is 15.9 Å². The Bertz CT molecular complexity index is 1050. The molecule has 3 aromatic rings. The second-order valence-corrected chi connectivity index (χ2v) is 8.62. The van der Waals surface area contributed by atoms with E-state index < -0.39 is 5.67 Å². The number of hydrogen-bond donors (Lipinski definition) is 2. The molecule has 0 spiro atoms. The Morgan fingerprint density at radius 2 is 1.93 bits per heavy atom. The first-order valence-corrected chi connectivity index (χ1v) is 10.2. The first-order valence-electron chi connectivity index (χ1n) is 9.34. The minimum absolute atomic E-state index is 0.0171. The van der Waals surface area contributed by atoms with Gasteiger partial charge in [-0.15, -0.1) is 11.3 Å². The van der Waals surface area contributed by atoms with Crippen LogP contribution in [0.25, 0.3) is 21.0 Å². The number of aromatic nitrogens is 1. The van der Waals surface area contributed by atoms with Crippen molar-refractivity contribution in [1.82, 2.24) is 10.3 Å². The molecule has 0 radical (unpaired) electrons. The Kier molecular flexibility index (Phi) is 3.75. The van der Waals surface area contributed by atoms with Crippen LogP contribution >= 0.6 is 11.3 Å². The molecule has 1 amide bonds. The summed E-state index contributed by atoms with van der Waals surface area (Å²) in [5.41, 5.74) is 0.747. The minimum atomic E-state index is -1.07. The Hall–Kier alpha value is -2.41. The number of thiophene rings is 1. The fourth-order valence-corrected chi connectivity index (χ4v) is 5.05. The molecule has 140 valence electrons. The van der Waals surface area contributed by atoms with E-state index in [1.807, 2.05) is 18.2 Å². The fourth-order valence-electron chi connectivity index (χ4n) is 3.94. The maximum atomic E-state index is 14.1. The molecule has 27 heavy (non-hydrogen) atoms. The predicted octanol–water partition coefficient (Wildman–Crippen LogP) is 3.93. The van der Waals surface area contributed by atoms with Gasteiger partial charge in [-0.1, -0.05) is 0 Å². The summed E-state index contributed by atoms with van der Waals surface area (Å²) in [6, 6.07) is 8.15. The number of piperidine rings is 1. The summed E-state index contributed by atoms with van der Waals surface area (Å²) in [4.78, 5) is 20.1. The molecule has 1 saturated heterocycles. The third-order valence-corrected chi connectivity index (χ3v) is 6.71. The number of benzene rings is 1. The monoisotopic (exact) mass is 384 g/mol. The van der Waals surface area contributed by atoms with E-state index in [0.29, 0.717) is 39.0 Å². The van der Waals surface area contributed by atoms with Crippen LogP contribution in [0.15, 0.2) is 24.3 Å². The lowest BCUT2D eigenvalue weighted by Crippen LogP contribution is -2.40. The van der Waals surface area contributed by atoms with Crippen molar-refractivity contribution in [2.45, 2.75) is 25.4 Å². The Morgan fingerprint density at radius 1 is 1.15 bits per heavy atom. The standard InChI is InChI=1S/C20H21FN4OS/c1-20(21)6-10-25(11-7-20)15-5-2-12-13(24-15)3-4-14-16(12)17-18(27-14)19(26)23-9-8-22-17/h2-5,22H,6-11H2,1H3,(H,23,26). The molecule has 0 unspecified atom stereocenters. The van der Waals surface area contributed by atoms with Gasteiger partial charge in [0.25, 0.3) is 5.91 Å². The highest BCUT2D eigenvalue weighted by Crippen LogP contribution is 2.41. The van der Waals surface area contributed by atoms with Crippen LogP contribution in [0, 0.1) is 0 Å². The first-order chi connectivity index (χ1) is 13.0. The number of rotatable bonds is 1. The van der Waals surface area contributed by atoms with E-state index in [-0.39, 0.29) is 5.91 Å². The second-order valence-electron chi connectivity index (χ2n) is 7.56. The summed E-state index contributed by atoms with van der Waals surface area (Å²) in [6.45, 7) is 4.38. The average Bonchev–Trinajstić information content (AvgIpc) is 2.94. The quantitative estimate of drug-likeness (QED) is 0.667. The van der Waals surface area contributed by atoms with E-state index in [1.165, 1.54) is 11.3 Å². The van der Waals surface area contributed by atoms with Crippen LogP contribution < -0.4 is 15.5 Å². The van der Waals surface area contributed by atoms with Crippen LogP contribution in [0.5, 0.6) is 0 Å². The third kappa shape index (κ3) is 2.81. The summed E-state index contributed by atoms with van der Waals surface area (Å²) in [5.74, 6) is 0.876. The van der Waals surface area contributed by atoms with Gasteiger partial charge in [-0.25, -0.2) is 9.37 Å². The van der Waals surface area contributed by atoms with Crippen molar-refractivity contribution in [3.05, 3.63) is 29.1 Å². The van der Waals surface area contributed by atoms with Crippen molar-refractivity contribution in [3.8, 4) is 0 Å². The molecule has 4 heterocycles. The Labute approximate surface area is 160 Å². The van der Waals surface area contributed by atoms with Gasteiger partial charge in [-0.05, 0) is 44.0 Å². The van der Waals surface area contributed by atoms with Crippen molar-refractivity contribution in [1.29, 1.82) is 0 Å². The van der Waals surface area contributed by atoms with Gasteiger partial charge in [0.2, 0.25) is 0 Å². The Balaban J connectivity index is 1.60. The smallest absolute Gasteiger partial charge is 0.263 e. The van der Waals surface area contributed by atoms with Gasteiger partial charge in [-0.2, -0.15) is 0 Å². The maximum absolute atomic E-state index is 14.1.